The zero-order valence-electron chi connectivity index (χ0n) is 13.0. The quantitative estimate of drug-likeness (QED) is 0.898. The number of piperazine rings is 1. The predicted octanol–water partition coefficient (Wildman–Crippen LogP) is 1.84. The number of aliphatic hydroxyl groups is 1. The van der Waals surface area contributed by atoms with Gasteiger partial charge < -0.3 is 5.11 Å². The summed E-state index contributed by atoms with van der Waals surface area (Å²) in [7, 11) is 0. The number of hydrogen-bond acceptors (Lipinski definition) is 4. The summed E-state index contributed by atoms with van der Waals surface area (Å²) in [5, 5.41) is 18.8. The molecule has 0 unspecified atom stereocenters. The fourth-order valence-corrected chi connectivity index (χ4v) is 3.08. The van der Waals surface area contributed by atoms with E-state index >= 15 is 0 Å². The van der Waals surface area contributed by atoms with Crippen molar-refractivity contribution in [1.82, 2.24) is 9.80 Å². The van der Waals surface area contributed by atoms with Crippen LogP contribution in [0, 0.1) is 11.3 Å². The summed E-state index contributed by atoms with van der Waals surface area (Å²) >= 11 is 0. The molecule has 0 aromatic heterocycles. The first kappa shape index (κ1) is 16.0. The largest absolute Gasteiger partial charge is 0.392 e. The Bertz CT molecular complexity index is 495. The SMILES string of the molecule is CC[C@@H]1CN(Cc2ccccc2C#N)CCN1C[C@H](C)O. The Labute approximate surface area is 127 Å². The average Bonchev–Trinajstić information content (AvgIpc) is 2.49. The molecule has 1 aromatic carbocycles. The van der Waals surface area contributed by atoms with Crippen molar-refractivity contribution in [2.45, 2.75) is 39.0 Å². The molecule has 1 heterocycles. The van der Waals surface area contributed by atoms with Crippen molar-refractivity contribution in [1.29, 1.82) is 5.26 Å². The summed E-state index contributed by atoms with van der Waals surface area (Å²) in [6, 6.07) is 10.6. The van der Waals surface area contributed by atoms with Gasteiger partial charge in [-0.2, -0.15) is 5.26 Å². The van der Waals surface area contributed by atoms with Crippen molar-refractivity contribution in [3.8, 4) is 6.07 Å². The van der Waals surface area contributed by atoms with Crippen LogP contribution in [0.4, 0.5) is 0 Å². The minimum Gasteiger partial charge on any atom is -0.392 e. The highest BCUT2D eigenvalue weighted by molar-refractivity contribution is 5.37. The summed E-state index contributed by atoms with van der Waals surface area (Å²) in [6.45, 7) is 8.61. The van der Waals surface area contributed by atoms with Crippen LogP contribution in [0.5, 0.6) is 0 Å². The van der Waals surface area contributed by atoms with Crippen LogP contribution in [-0.4, -0.2) is 53.2 Å². The molecule has 0 amide bonds. The Morgan fingerprint density at radius 1 is 1.38 bits per heavy atom. The summed E-state index contributed by atoms with van der Waals surface area (Å²) in [4.78, 5) is 4.81. The molecule has 1 fully saturated rings. The van der Waals surface area contributed by atoms with Gasteiger partial charge in [-0.05, 0) is 25.0 Å². The van der Waals surface area contributed by atoms with Crippen molar-refractivity contribution in [2.24, 2.45) is 0 Å². The second-order valence-corrected chi connectivity index (χ2v) is 5.91. The third-order valence-corrected chi connectivity index (χ3v) is 4.19. The van der Waals surface area contributed by atoms with Gasteiger partial charge in [0, 0.05) is 38.8 Å². The summed E-state index contributed by atoms with van der Waals surface area (Å²) in [5.74, 6) is 0. The second-order valence-electron chi connectivity index (χ2n) is 5.91. The van der Waals surface area contributed by atoms with Gasteiger partial charge in [0.1, 0.15) is 0 Å². The van der Waals surface area contributed by atoms with Gasteiger partial charge in [0.05, 0.1) is 17.7 Å². The maximum atomic E-state index is 9.60. The standard InChI is InChI=1S/C17H25N3O/c1-3-17-13-19(8-9-20(17)11-14(2)21)12-16-7-5-4-6-15(16)10-18/h4-7,14,17,21H,3,8-9,11-13H2,1-2H3/t14-,17+/m0/s1. The first-order valence-electron chi connectivity index (χ1n) is 7.76. The van der Waals surface area contributed by atoms with Gasteiger partial charge in [0.25, 0.3) is 0 Å². The topological polar surface area (TPSA) is 50.5 Å². The summed E-state index contributed by atoms with van der Waals surface area (Å²) in [6.07, 6.45) is 0.813. The molecular formula is C17H25N3O. The molecule has 1 aliphatic heterocycles. The lowest BCUT2D eigenvalue weighted by Crippen LogP contribution is -2.54. The number of nitrogens with zero attached hydrogens (tertiary/aromatic N) is 3. The van der Waals surface area contributed by atoms with Crippen molar-refractivity contribution >= 4 is 0 Å². The Morgan fingerprint density at radius 3 is 2.81 bits per heavy atom. The molecule has 0 saturated carbocycles. The Kier molecular flexibility index (Phi) is 5.75. The molecular weight excluding hydrogens is 262 g/mol. The van der Waals surface area contributed by atoms with E-state index in [2.05, 4.69) is 22.8 Å². The monoisotopic (exact) mass is 287 g/mol. The van der Waals surface area contributed by atoms with Crippen molar-refractivity contribution < 1.29 is 5.11 Å². The molecule has 4 nitrogen and oxygen atoms in total. The van der Waals surface area contributed by atoms with E-state index in [1.165, 1.54) is 0 Å². The fourth-order valence-electron chi connectivity index (χ4n) is 3.08. The number of aliphatic hydroxyl groups excluding tert-OH is 1. The molecule has 1 aliphatic rings. The minimum absolute atomic E-state index is 0.273. The molecule has 4 heteroatoms. The molecule has 2 atom stereocenters. The first-order valence-corrected chi connectivity index (χ1v) is 7.76. The zero-order chi connectivity index (χ0) is 15.2. The van der Waals surface area contributed by atoms with Gasteiger partial charge in [0.2, 0.25) is 0 Å². The highest BCUT2D eigenvalue weighted by Gasteiger charge is 2.26. The van der Waals surface area contributed by atoms with Crippen molar-refractivity contribution in [3.05, 3.63) is 35.4 Å². The number of β-amino-alcohol motifs (C(OH)–C–C–N with tert-alkyl or cyclic N) is 1. The normalized spacial score (nSPS) is 21.9. The molecule has 0 aliphatic carbocycles. The van der Waals surface area contributed by atoms with E-state index < -0.39 is 0 Å². The Morgan fingerprint density at radius 2 is 2.14 bits per heavy atom. The van der Waals surface area contributed by atoms with Crippen molar-refractivity contribution in [3.63, 3.8) is 0 Å². The van der Waals surface area contributed by atoms with Crippen LogP contribution in [-0.2, 0) is 6.54 Å². The molecule has 2 rings (SSSR count). The van der Waals surface area contributed by atoms with Gasteiger partial charge in [-0.1, -0.05) is 25.1 Å². The molecule has 21 heavy (non-hydrogen) atoms. The first-order chi connectivity index (χ1) is 10.1. The molecule has 1 aromatic rings. The van der Waals surface area contributed by atoms with E-state index in [0.717, 1.165) is 50.3 Å². The van der Waals surface area contributed by atoms with Gasteiger partial charge in [-0.3, -0.25) is 9.80 Å². The van der Waals surface area contributed by atoms with E-state index in [-0.39, 0.29) is 6.10 Å². The van der Waals surface area contributed by atoms with E-state index in [0.29, 0.717) is 6.04 Å². The average molecular weight is 287 g/mol. The molecule has 1 N–H and O–H groups in total. The molecule has 1 saturated heterocycles. The number of benzene rings is 1. The third kappa shape index (κ3) is 4.28. The van der Waals surface area contributed by atoms with Crippen LogP contribution in [0.1, 0.15) is 31.4 Å². The molecule has 0 radical (unpaired) electrons. The van der Waals surface area contributed by atoms with E-state index in [1.54, 1.807) is 0 Å². The van der Waals surface area contributed by atoms with Crippen LogP contribution >= 0.6 is 0 Å². The number of nitriles is 1. The van der Waals surface area contributed by atoms with Crippen LogP contribution < -0.4 is 0 Å². The van der Waals surface area contributed by atoms with E-state index in [1.807, 2.05) is 31.2 Å². The fraction of sp³-hybridized carbons (Fsp3) is 0.588. The lowest BCUT2D eigenvalue weighted by atomic mass is 10.1. The highest BCUT2D eigenvalue weighted by Crippen LogP contribution is 2.17. The minimum atomic E-state index is -0.273. The Hall–Kier alpha value is -1.41. The van der Waals surface area contributed by atoms with Gasteiger partial charge in [-0.25, -0.2) is 0 Å². The lowest BCUT2D eigenvalue weighted by Gasteiger charge is -2.41. The predicted molar refractivity (Wildman–Crippen MR) is 83.8 cm³/mol. The van der Waals surface area contributed by atoms with Gasteiger partial charge >= 0.3 is 0 Å². The molecule has 114 valence electrons. The summed E-state index contributed by atoms with van der Waals surface area (Å²) < 4.78 is 0. The van der Waals surface area contributed by atoms with Crippen LogP contribution in [0.15, 0.2) is 24.3 Å². The number of rotatable bonds is 5. The second kappa shape index (κ2) is 7.56. The molecule has 0 bridgehead atoms. The summed E-state index contributed by atoms with van der Waals surface area (Å²) in [5.41, 5.74) is 1.88. The number of hydrogen-bond donors (Lipinski definition) is 1. The maximum Gasteiger partial charge on any atom is 0.0995 e. The van der Waals surface area contributed by atoms with Gasteiger partial charge in [0.15, 0.2) is 0 Å². The smallest absolute Gasteiger partial charge is 0.0995 e. The van der Waals surface area contributed by atoms with E-state index in [9.17, 15) is 10.4 Å². The van der Waals surface area contributed by atoms with Crippen molar-refractivity contribution in [2.75, 3.05) is 26.2 Å². The lowest BCUT2D eigenvalue weighted by molar-refractivity contribution is 0.0337. The Balaban J connectivity index is 1.99. The van der Waals surface area contributed by atoms with Crippen LogP contribution in [0.25, 0.3) is 0 Å². The molecule has 0 spiro atoms. The highest BCUT2D eigenvalue weighted by atomic mass is 16.3. The van der Waals surface area contributed by atoms with Crippen LogP contribution in [0.2, 0.25) is 0 Å². The van der Waals surface area contributed by atoms with Crippen LogP contribution in [0.3, 0.4) is 0 Å². The van der Waals surface area contributed by atoms with Gasteiger partial charge in [-0.15, -0.1) is 0 Å². The van der Waals surface area contributed by atoms with E-state index in [4.69, 9.17) is 0 Å². The third-order valence-electron chi connectivity index (χ3n) is 4.19. The maximum absolute atomic E-state index is 9.60. The zero-order valence-corrected chi connectivity index (χ0v) is 13.0.